The van der Waals surface area contributed by atoms with Crippen LogP contribution in [0.1, 0.15) is 21.6 Å². The molecular formula is C22H21N5O3. The Morgan fingerprint density at radius 3 is 2.30 bits per heavy atom. The van der Waals surface area contributed by atoms with Gasteiger partial charge < -0.3 is 4.90 Å². The number of hydrogen-bond acceptors (Lipinski definition) is 5. The van der Waals surface area contributed by atoms with Crippen molar-refractivity contribution in [3.8, 4) is 5.69 Å². The fraction of sp³-hybridized carbons (Fsp3) is 0.227. The molecule has 1 fully saturated rings. The minimum atomic E-state index is -0.488. The van der Waals surface area contributed by atoms with E-state index in [1.165, 1.54) is 20.7 Å². The second-order valence-corrected chi connectivity index (χ2v) is 7.22. The van der Waals surface area contributed by atoms with Crippen molar-refractivity contribution in [2.45, 2.75) is 13.3 Å². The first-order valence-corrected chi connectivity index (χ1v) is 9.67. The van der Waals surface area contributed by atoms with Crippen molar-refractivity contribution < 1.29 is 14.4 Å². The number of rotatable bonds is 5. The van der Waals surface area contributed by atoms with Gasteiger partial charge in [0, 0.05) is 6.54 Å². The number of carbonyl (C=O) groups excluding carboxylic acids is 3. The Balaban J connectivity index is 1.41. The molecule has 0 N–H and O–H groups in total. The summed E-state index contributed by atoms with van der Waals surface area (Å²) in [6, 6.07) is 17.3. The monoisotopic (exact) mass is 403 g/mol. The predicted molar refractivity (Wildman–Crippen MR) is 109 cm³/mol. The van der Waals surface area contributed by atoms with Gasteiger partial charge >= 0.3 is 0 Å². The maximum absolute atomic E-state index is 12.8. The standard InChI is InChI=1S/C22H21N5O3/c1-16-7-9-18(10-8-16)27-13-19(23-24-27)22(30)25-14-20(28)26(21(29)15-25)12-11-17-5-3-2-4-6-17/h2-10,13H,11-12,14-15H2,1H3. The molecule has 0 bridgehead atoms. The molecule has 152 valence electrons. The van der Waals surface area contributed by atoms with E-state index in [4.69, 9.17) is 0 Å². The van der Waals surface area contributed by atoms with Crippen molar-refractivity contribution in [2.24, 2.45) is 0 Å². The first-order valence-electron chi connectivity index (χ1n) is 9.67. The summed E-state index contributed by atoms with van der Waals surface area (Å²) in [5, 5.41) is 7.91. The third-order valence-corrected chi connectivity index (χ3v) is 5.02. The number of aromatic nitrogens is 3. The number of hydrogen-bond donors (Lipinski definition) is 0. The zero-order valence-electron chi connectivity index (χ0n) is 16.6. The van der Waals surface area contributed by atoms with E-state index in [2.05, 4.69) is 10.3 Å². The van der Waals surface area contributed by atoms with Crippen LogP contribution in [0.5, 0.6) is 0 Å². The third kappa shape index (κ3) is 4.12. The average Bonchev–Trinajstić information content (AvgIpc) is 3.24. The Bertz CT molecular complexity index is 1060. The number of amides is 3. The predicted octanol–water partition coefficient (Wildman–Crippen LogP) is 1.63. The van der Waals surface area contributed by atoms with Gasteiger partial charge in [-0.3, -0.25) is 19.3 Å². The van der Waals surface area contributed by atoms with Crippen molar-refractivity contribution in [3.63, 3.8) is 0 Å². The Kier molecular flexibility index (Phi) is 5.38. The molecule has 30 heavy (non-hydrogen) atoms. The van der Waals surface area contributed by atoms with Gasteiger partial charge in [-0.25, -0.2) is 4.68 Å². The van der Waals surface area contributed by atoms with Crippen LogP contribution in [0.15, 0.2) is 60.8 Å². The maximum atomic E-state index is 12.8. The number of carbonyl (C=O) groups is 3. The summed E-state index contributed by atoms with van der Waals surface area (Å²) in [6.07, 6.45) is 2.08. The molecule has 0 atom stereocenters. The summed E-state index contributed by atoms with van der Waals surface area (Å²) < 4.78 is 1.49. The number of imide groups is 1. The highest BCUT2D eigenvalue weighted by molar-refractivity contribution is 6.05. The zero-order chi connectivity index (χ0) is 21.1. The molecule has 3 amide bonds. The first kappa shape index (κ1) is 19.5. The van der Waals surface area contributed by atoms with Crippen LogP contribution in [0.3, 0.4) is 0 Å². The molecule has 0 unspecified atom stereocenters. The van der Waals surface area contributed by atoms with Gasteiger partial charge in [0.2, 0.25) is 11.8 Å². The van der Waals surface area contributed by atoms with Crippen molar-refractivity contribution in [2.75, 3.05) is 19.6 Å². The number of nitrogens with zero attached hydrogens (tertiary/aromatic N) is 5. The second kappa shape index (κ2) is 8.28. The second-order valence-electron chi connectivity index (χ2n) is 7.22. The van der Waals surface area contributed by atoms with E-state index in [-0.39, 0.29) is 30.6 Å². The summed E-state index contributed by atoms with van der Waals surface area (Å²) in [7, 11) is 0. The lowest BCUT2D eigenvalue weighted by Gasteiger charge is -2.32. The van der Waals surface area contributed by atoms with E-state index >= 15 is 0 Å². The van der Waals surface area contributed by atoms with Gasteiger partial charge in [0.25, 0.3) is 5.91 Å². The summed E-state index contributed by atoms with van der Waals surface area (Å²) in [4.78, 5) is 40.2. The Hall–Kier alpha value is -3.81. The van der Waals surface area contributed by atoms with Crippen molar-refractivity contribution in [3.05, 3.63) is 77.6 Å². The number of benzene rings is 2. The normalized spacial score (nSPS) is 14.3. The Morgan fingerprint density at radius 2 is 1.63 bits per heavy atom. The lowest BCUT2D eigenvalue weighted by molar-refractivity contribution is -0.150. The molecule has 1 aliphatic heterocycles. The molecule has 1 aliphatic rings. The molecule has 0 saturated carbocycles. The quantitative estimate of drug-likeness (QED) is 0.604. The first-order chi connectivity index (χ1) is 14.5. The SMILES string of the molecule is Cc1ccc(-n2cc(C(=O)N3CC(=O)N(CCc4ccccc4)C(=O)C3)nn2)cc1. The molecule has 0 spiro atoms. The number of piperazine rings is 1. The average molecular weight is 403 g/mol. The summed E-state index contributed by atoms with van der Waals surface area (Å²) in [6.45, 7) is 1.97. The molecule has 8 heteroatoms. The van der Waals surface area contributed by atoms with Crippen molar-refractivity contribution >= 4 is 17.7 Å². The molecule has 8 nitrogen and oxygen atoms in total. The van der Waals surface area contributed by atoms with Crippen molar-refractivity contribution in [1.29, 1.82) is 0 Å². The van der Waals surface area contributed by atoms with E-state index in [0.29, 0.717) is 13.0 Å². The number of aryl methyl sites for hydroxylation is 1. The van der Waals surface area contributed by atoms with Gasteiger partial charge in [0.15, 0.2) is 5.69 Å². The molecule has 2 aromatic carbocycles. The van der Waals surface area contributed by atoms with E-state index in [1.54, 1.807) is 0 Å². The molecule has 3 aromatic rings. The largest absolute Gasteiger partial charge is 0.319 e. The minimum Gasteiger partial charge on any atom is -0.319 e. The van der Waals surface area contributed by atoms with E-state index in [9.17, 15) is 14.4 Å². The molecule has 0 aliphatic carbocycles. The summed E-state index contributed by atoms with van der Waals surface area (Å²) in [5.41, 5.74) is 3.01. The molecule has 1 saturated heterocycles. The van der Waals surface area contributed by atoms with E-state index < -0.39 is 5.91 Å². The topological polar surface area (TPSA) is 88.4 Å². The molecular weight excluding hydrogens is 382 g/mol. The fourth-order valence-electron chi connectivity index (χ4n) is 3.32. The van der Waals surface area contributed by atoms with E-state index in [1.807, 2.05) is 61.5 Å². The van der Waals surface area contributed by atoms with Crippen LogP contribution < -0.4 is 0 Å². The van der Waals surface area contributed by atoms with Gasteiger partial charge in [-0.2, -0.15) is 0 Å². The molecule has 1 aromatic heterocycles. The van der Waals surface area contributed by atoms with Crippen LogP contribution in [0.25, 0.3) is 5.69 Å². The van der Waals surface area contributed by atoms with Crippen LogP contribution in [0, 0.1) is 6.92 Å². The lowest BCUT2D eigenvalue weighted by atomic mass is 10.1. The highest BCUT2D eigenvalue weighted by Gasteiger charge is 2.34. The summed E-state index contributed by atoms with van der Waals surface area (Å²) in [5.74, 6) is -1.26. The Morgan fingerprint density at radius 1 is 0.967 bits per heavy atom. The smallest absolute Gasteiger partial charge is 0.276 e. The Labute approximate surface area is 173 Å². The van der Waals surface area contributed by atoms with Crippen LogP contribution in [0.2, 0.25) is 0 Å². The zero-order valence-corrected chi connectivity index (χ0v) is 16.6. The summed E-state index contributed by atoms with van der Waals surface area (Å²) >= 11 is 0. The van der Waals surface area contributed by atoms with Crippen LogP contribution in [-0.2, 0) is 16.0 Å². The van der Waals surface area contributed by atoms with Gasteiger partial charge in [0.05, 0.1) is 11.9 Å². The van der Waals surface area contributed by atoms with Crippen LogP contribution >= 0.6 is 0 Å². The third-order valence-electron chi connectivity index (χ3n) is 5.02. The molecule has 0 radical (unpaired) electrons. The minimum absolute atomic E-state index is 0.0916. The van der Waals surface area contributed by atoms with Gasteiger partial charge in [-0.1, -0.05) is 53.2 Å². The van der Waals surface area contributed by atoms with Crippen LogP contribution in [0.4, 0.5) is 0 Å². The highest BCUT2D eigenvalue weighted by atomic mass is 16.2. The van der Waals surface area contributed by atoms with Gasteiger partial charge in [-0.05, 0) is 31.0 Å². The van der Waals surface area contributed by atoms with E-state index in [0.717, 1.165) is 16.8 Å². The lowest BCUT2D eigenvalue weighted by Crippen LogP contribution is -2.56. The van der Waals surface area contributed by atoms with Gasteiger partial charge in [-0.15, -0.1) is 5.10 Å². The maximum Gasteiger partial charge on any atom is 0.276 e. The molecule has 2 heterocycles. The molecule has 4 rings (SSSR count). The van der Waals surface area contributed by atoms with Crippen LogP contribution in [-0.4, -0.2) is 62.1 Å². The highest BCUT2D eigenvalue weighted by Crippen LogP contribution is 2.13. The fourth-order valence-corrected chi connectivity index (χ4v) is 3.32. The van der Waals surface area contributed by atoms with Gasteiger partial charge in [0.1, 0.15) is 13.1 Å². The van der Waals surface area contributed by atoms with Crippen molar-refractivity contribution in [1.82, 2.24) is 24.8 Å².